The smallest absolute Gasteiger partial charge is 0.191 e. The monoisotopic (exact) mass is 313 g/mol. The number of para-hydroxylation sites is 2. The van der Waals surface area contributed by atoms with Crippen LogP contribution in [-0.2, 0) is 13.6 Å². The number of aromatic nitrogens is 2. The number of rotatable bonds is 3. The number of nitrogens with zero attached hydrogens (tertiary/aromatic N) is 3. The van der Waals surface area contributed by atoms with Crippen molar-refractivity contribution in [2.75, 3.05) is 7.05 Å². The molecule has 23 heavy (non-hydrogen) atoms. The van der Waals surface area contributed by atoms with E-state index in [0.29, 0.717) is 12.6 Å². The number of fused-ring (bicyclic) bond motifs is 1. The molecule has 0 amide bonds. The molecule has 124 valence electrons. The van der Waals surface area contributed by atoms with Crippen molar-refractivity contribution < 1.29 is 0 Å². The summed E-state index contributed by atoms with van der Waals surface area (Å²) < 4.78 is 2.14. The summed E-state index contributed by atoms with van der Waals surface area (Å²) in [6, 6.07) is 8.76. The molecule has 1 heterocycles. The molecule has 3 rings (SSSR count). The summed E-state index contributed by atoms with van der Waals surface area (Å²) in [5.41, 5.74) is 2.20. The second kappa shape index (κ2) is 7.02. The number of aliphatic imine (C=N–C) groups is 1. The third kappa shape index (κ3) is 3.66. The number of nitrogens with one attached hydrogen (secondary N) is 2. The maximum absolute atomic E-state index is 4.69. The first-order valence-electron chi connectivity index (χ1n) is 8.55. The molecule has 1 aromatic heterocycles. The SMILES string of the molecule is CN=C(NCc1nc2ccccc2n1C)NC1CCC(C)CC1. The van der Waals surface area contributed by atoms with Crippen LogP contribution in [0, 0.1) is 5.92 Å². The Balaban J connectivity index is 1.60. The largest absolute Gasteiger partial charge is 0.354 e. The predicted molar refractivity (Wildman–Crippen MR) is 95.5 cm³/mol. The van der Waals surface area contributed by atoms with Crippen molar-refractivity contribution in [1.29, 1.82) is 0 Å². The maximum atomic E-state index is 4.69. The summed E-state index contributed by atoms with van der Waals surface area (Å²) in [5, 5.41) is 6.95. The summed E-state index contributed by atoms with van der Waals surface area (Å²) >= 11 is 0. The Labute approximate surface area is 138 Å². The molecule has 2 N–H and O–H groups in total. The fraction of sp³-hybridized carbons (Fsp3) is 0.556. The van der Waals surface area contributed by atoms with Crippen molar-refractivity contribution in [3.8, 4) is 0 Å². The summed E-state index contributed by atoms with van der Waals surface area (Å²) in [6.45, 7) is 3.02. The Bertz CT molecular complexity index is 680. The van der Waals surface area contributed by atoms with Crippen molar-refractivity contribution in [2.24, 2.45) is 18.0 Å². The lowest BCUT2D eigenvalue weighted by atomic mass is 9.87. The zero-order valence-corrected chi connectivity index (χ0v) is 14.3. The number of aryl methyl sites for hydroxylation is 1. The molecule has 2 aromatic rings. The molecule has 0 saturated heterocycles. The third-order valence-corrected chi connectivity index (χ3v) is 4.87. The van der Waals surface area contributed by atoms with E-state index in [9.17, 15) is 0 Å². The van der Waals surface area contributed by atoms with Gasteiger partial charge in [-0.1, -0.05) is 19.1 Å². The van der Waals surface area contributed by atoms with Gasteiger partial charge in [-0.15, -0.1) is 0 Å². The molecule has 5 heteroatoms. The van der Waals surface area contributed by atoms with Crippen LogP contribution in [-0.4, -0.2) is 28.6 Å². The Morgan fingerprint density at radius 2 is 2.00 bits per heavy atom. The highest BCUT2D eigenvalue weighted by Crippen LogP contribution is 2.23. The van der Waals surface area contributed by atoms with Gasteiger partial charge in [0.15, 0.2) is 5.96 Å². The van der Waals surface area contributed by atoms with Crippen LogP contribution in [0.5, 0.6) is 0 Å². The number of hydrogen-bond donors (Lipinski definition) is 2. The molecule has 0 atom stereocenters. The minimum Gasteiger partial charge on any atom is -0.354 e. The van der Waals surface area contributed by atoms with E-state index < -0.39 is 0 Å². The van der Waals surface area contributed by atoms with E-state index in [-0.39, 0.29) is 0 Å². The van der Waals surface area contributed by atoms with Crippen molar-refractivity contribution in [1.82, 2.24) is 20.2 Å². The number of hydrogen-bond acceptors (Lipinski definition) is 2. The lowest BCUT2D eigenvalue weighted by Crippen LogP contribution is -2.44. The van der Waals surface area contributed by atoms with E-state index in [0.717, 1.165) is 28.7 Å². The van der Waals surface area contributed by atoms with E-state index in [2.05, 4.69) is 46.3 Å². The molecule has 0 bridgehead atoms. The minimum atomic E-state index is 0.540. The molecule has 1 fully saturated rings. The first-order chi connectivity index (χ1) is 11.2. The Morgan fingerprint density at radius 1 is 1.26 bits per heavy atom. The molecule has 0 unspecified atom stereocenters. The quantitative estimate of drug-likeness (QED) is 0.677. The van der Waals surface area contributed by atoms with Gasteiger partial charge < -0.3 is 15.2 Å². The maximum Gasteiger partial charge on any atom is 0.191 e. The molecule has 0 spiro atoms. The van der Waals surface area contributed by atoms with Gasteiger partial charge in [0.25, 0.3) is 0 Å². The van der Waals surface area contributed by atoms with E-state index in [1.54, 1.807) is 0 Å². The van der Waals surface area contributed by atoms with Crippen LogP contribution in [0.3, 0.4) is 0 Å². The lowest BCUT2D eigenvalue weighted by molar-refractivity contribution is 0.329. The van der Waals surface area contributed by atoms with E-state index in [1.165, 1.54) is 25.7 Å². The van der Waals surface area contributed by atoms with Crippen LogP contribution in [0.25, 0.3) is 11.0 Å². The first-order valence-corrected chi connectivity index (χ1v) is 8.55. The second-order valence-electron chi connectivity index (χ2n) is 6.60. The van der Waals surface area contributed by atoms with Crippen LogP contribution >= 0.6 is 0 Å². The van der Waals surface area contributed by atoms with Gasteiger partial charge in [-0.2, -0.15) is 0 Å². The molecule has 1 aliphatic carbocycles. The predicted octanol–water partition coefficient (Wildman–Crippen LogP) is 2.82. The van der Waals surface area contributed by atoms with Crippen molar-refractivity contribution in [3.05, 3.63) is 30.1 Å². The summed E-state index contributed by atoms with van der Waals surface area (Å²) in [7, 11) is 3.89. The van der Waals surface area contributed by atoms with Gasteiger partial charge in [-0.25, -0.2) is 4.98 Å². The van der Waals surface area contributed by atoms with Crippen molar-refractivity contribution >= 4 is 17.0 Å². The molecule has 5 nitrogen and oxygen atoms in total. The Kier molecular flexibility index (Phi) is 4.84. The van der Waals surface area contributed by atoms with Gasteiger partial charge in [0.2, 0.25) is 0 Å². The molecule has 1 saturated carbocycles. The standard InChI is InChI=1S/C18H27N5/c1-13-8-10-14(11-9-13)21-18(19-2)20-12-17-22-15-6-4-5-7-16(15)23(17)3/h4-7,13-14H,8-12H2,1-3H3,(H2,19,20,21). The van der Waals surface area contributed by atoms with Gasteiger partial charge in [0.1, 0.15) is 5.82 Å². The van der Waals surface area contributed by atoms with Crippen LogP contribution < -0.4 is 10.6 Å². The van der Waals surface area contributed by atoms with Crippen LogP contribution in [0.4, 0.5) is 0 Å². The molecular formula is C18H27N5. The van der Waals surface area contributed by atoms with Crippen LogP contribution in [0.15, 0.2) is 29.3 Å². The highest BCUT2D eigenvalue weighted by molar-refractivity contribution is 5.80. The highest BCUT2D eigenvalue weighted by atomic mass is 15.2. The Morgan fingerprint density at radius 3 is 2.70 bits per heavy atom. The molecule has 1 aliphatic rings. The number of imidazole rings is 1. The van der Waals surface area contributed by atoms with Gasteiger partial charge >= 0.3 is 0 Å². The summed E-state index contributed by atoms with van der Waals surface area (Å²) in [6.07, 6.45) is 5.07. The average molecular weight is 313 g/mol. The number of guanidine groups is 1. The average Bonchev–Trinajstić information content (AvgIpc) is 2.90. The van der Waals surface area contributed by atoms with E-state index >= 15 is 0 Å². The molecule has 0 radical (unpaired) electrons. The first kappa shape index (κ1) is 15.8. The van der Waals surface area contributed by atoms with E-state index in [1.807, 2.05) is 19.2 Å². The Hall–Kier alpha value is -2.04. The topological polar surface area (TPSA) is 54.2 Å². The zero-order valence-electron chi connectivity index (χ0n) is 14.3. The summed E-state index contributed by atoms with van der Waals surface area (Å²) in [4.78, 5) is 9.05. The normalized spacial score (nSPS) is 22.3. The zero-order chi connectivity index (χ0) is 16.2. The third-order valence-electron chi connectivity index (χ3n) is 4.87. The second-order valence-corrected chi connectivity index (χ2v) is 6.60. The highest BCUT2D eigenvalue weighted by Gasteiger charge is 2.19. The van der Waals surface area contributed by atoms with Crippen molar-refractivity contribution in [3.63, 3.8) is 0 Å². The van der Waals surface area contributed by atoms with Gasteiger partial charge in [0, 0.05) is 20.1 Å². The number of benzene rings is 1. The van der Waals surface area contributed by atoms with Crippen LogP contribution in [0.2, 0.25) is 0 Å². The summed E-state index contributed by atoms with van der Waals surface area (Å²) in [5.74, 6) is 2.76. The molecule has 1 aromatic carbocycles. The lowest BCUT2D eigenvalue weighted by Gasteiger charge is -2.28. The van der Waals surface area contributed by atoms with Gasteiger partial charge in [0.05, 0.1) is 17.6 Å². The van der Waals surface area contributed by atoms with Gasteiger partial charge in [-0.05, 0) is 43.7 Å². The van der Waals surface area contributed by atoms with Crippen molar-refractivity contribution in [2.45, 2.75) is 45.2 Å². The minimum absolute atomic E-state index is 0.540. The molecular weight excluding hydrogens is 286 g/mol. The van der Waals surface area contributed by atoms with Gasteiger partial charge in [-0.3, -0.25) is 4.99 Å². The fourth-order valence-electron chi connectivity index (χ4n) is 3.31. The van der Waals surface area contributed by atoms with Crippen LogP contribution in [0.1, 0.15) is 38.4 Å². The fourth-order valence-corrected chi connectivity index (χ4v) is 3.31. The van der Waals surface area contributed by atoms with E-state index in [4.69, 9.17) is 4.98 Å². The molecule has 0 aliphatic heterocycles.